The van der Waals surface area contributed by atoms with Crippen molar-refractivity contribution in [3.05, 3.63) is 59.7 Å². The van der Waals surface area contributed by atoms with E-state index in [-0.39, 0.29) is 11.5 Å². The summed E-state index contributed by atoms with van der Waals surface area (Å²) in [5, 5.41) is 5.32. The Morgan fingerprint density at radius 3 is 1.79 bits per heavy atom. The lowest BCUT2D eigenvalue weighted by Gasteiger charge is -2.24. The van der Waals surface area contributed by atoms with Crippen LogP contribution in [-0.2, 0) is 15.0 Å². The van der Waals surface area contributed by atoms with Gasteiger partial charge in [0, 0.05) is 24.4 Å². The lowest BCUT2D eigenvalue weighted by Crippen LogP contribution is -2.35. The number of rotatable bonds is 4. The average molecular weight is 332 g/mol. The summed E-state index contributed by atoms with van der Waals surface area (Å²) in [7, 11) is 0. The number of halogens is 2. The van der Waals surface area contributed by atoms with Crippen molar-refractivity contribution in [3.63, 3.8) is 0 Å². The van der Waals surface area contributed by atoms with Crippen LogP contribution >= 0.6 is 0 Å². The summed E-state index contributed by atoms with van der Waals surface area (Å²) in [5.41, 5.74) is 0.234. The lowest BCUT2D eigenvalue weighted by molar-refractivity contribution is -0.120. The molecule has 0 saturated heterocycles. The monoisotopic (exact) mass is 332 g/mol. The van der Waals surface area contributed by atoms with E-state index >= 15 is 0 Å². The van der Waals surface area contributed by atoms with Gasteiger partial charge in [-0.15, -0.1) is 0 Å². The molecule has 2 N–H and O–H groups in total. The van der Waals surface area contributed by atoms with Gasteiger partial charge < -0.3 is 10.6 Å². The number of amides is 2. The van der Waals surface area contributed by atoms with Crippen LogP contribution in [0.2, 0.25) is 0 Å². The quantitative estimate of drug-likeness (QED) is 0.894. The highest BCUT2D eigenvalue weighted by Crippen LogP contribution is 2.27. The van der Waals surface area contributed by atoms with Crippen molar-refractivity contribution in [2.24, 2.45) is 0 Å². The van der Waals surface area contributed by atoms with Crippen LogP contribution in [0.4, 0.5) is 20.2 Å². The number of carbonyl (C=O) groups excluding carboxylic acids is 2. The van der Waals surface area contributed by atoms with E-state index in [0.29, 0.717) is 11.4 Å². The van der Waals surface area contributed by atoms with E-state index in [9.17, 15) is 18.4 Å². The summed E-state index contributed by atoms with van der Waals surface area (Å²) in [4.78, 5) is 23.5. The predicted molar refractivity (Wildman–Crippen MR) is 88.8 cm³/mol. The minimum absolute atomic E-state index is 0.193. The maximum absolute atomic E-state index is 13.4. The highest BCUT2D eigenvalue weighted by molar-refractivity contribution is 5.98. The third kappa shape index (κ3) is 4.16. The summed E-state index contributed by atoms with van der Waals surface area (Å²) in [6.45, 7) is 4.57. The Hall–Kier alpha value is -2.76. The van der Waals surface area contributed by atoms with Crippen molar-refractivity contribution < 1.29 is 18.4 Å². The third-order valence-electron chi connectivity index (χ3n) is 3.62. The van der Waals surface area contributed by atoms with Gasteiger partial charge in [-0.05, 0) is 55.8 Å². The second-order valence-electron chi connectivity index (χ2n) is 6.00. The fraction of sp³-hybridized carbons (Fsp3) is 0.222. The molecule has 2 rings (SSSR count). The minimum Gasteiger partial charge on any atom is -0.326 e. The molecule has 0 heterocycles. The van der Waals surface area contributed by atoms with E-state index in [1.165, 1.54) is 6.92 Å². The maximum Gasteiger partial charge on any atom is 0.234 e. The lowest BCUT2D eigenvalue weighted by atomic mass is 9.83. The fourth-order valence-electron chi connectivity index (χ4n) is 2.17. The molecule has 0 atom stereocenters. The average Bonchev–Trinajstić information content (AvgIpc) is 2.47. The van der Waals surface area contributed by atoms with Crippen LogP contribution in [-0.4, -0.2) is 11.8 Å². The highest BCUT2D eigenvalue weighted by Gasteiger charge is 2.30. The molecule has 126 valence electrons. The van der Waals surface area contributed by atoms with E-state index in [1.807, 2.05) is 0 Å². The molecule has 0 saturated carbocycles. The molecule has 4 nitrogen and oxygen atoms in total. The zero-order chi connectivity index (χ0) is 17.9. The van der Waals surface area contributed by atoms with Gasteiger partial charge in [-0.1, -0.05) is 0 Å². The molecule has 0 aliphatic rings. The molecular formula is C18H18F2N2O2. The summed E-state index contributed by atoms with van der Waals surface area (Å²) < 4.78 is 26.8. The topological polar surface area (TPSA) is 58.2 Å². The van der Waals surface area contributed by atoms with Crippen LogP contribution in [0.1, 0.15) is 26.3 Å². The van der Waals surface area contributed by atoms with Crippen molar-refractivity contribution in [1.82, 2.24) is 0 Å². The molecule has 2 amide bonds. The molecule has 0 spiro atoms. The van der Waals surface area contributed by atoms with Gasteiger partial charge in [0.25, 0.3) is 0 Å². The Balaban J connectivity index is 2.16. The van der Waals surface area contributed by atoms with E-state index in [4.69, 9.17) is 0 Å². The first-order chi connectivity index (χ1) is 11.2. The van der Waals surface area contributed by atoms with Crippen molar-refractivity contribution >= 4 is 23.2 Å². The first-order valence-corrected chi connectivity index (χ1v) is 7.34. The smallest absolute Gasteiger partial charge is 0.234 e. The van der Waals surface area contributed by atoms with Gasteiger partial charge >= 0.3 is 0 Å². The molecule has 0 aromatic heterocycles. The second-order valence-corrected chi connectivity index (χ2v) is 6.00. The Bertz CT molecular complexity index is 751. The van der Waals surface area contributed by atoms with Crippen molar-refractivity contribution in [1.29, 1.82) is 0 Å². The van der Waals surface area contributed by atoms with Crippen molar-refractivity contribution in [2.75, 3.05) is 10.6 Å². The van der Waals surface area contributed by atoms with Crippen molar-refractivity contribution in [2.45, 2.75) is 26.2 Å². The summed E-state index contributed by atoms with van der Waals surface area (Å²) in [5.74, 6) is -2.06. The molecule has 24 heavy (non-hydrogen) atoms. The second kappa shape index (κ2) is 6.78. The molecule has 0 radical (unpaired) electrons. The highest BCUT2D eigenvalue weighted by atomic mass is 19.1. The summed E-state index contributed by atoms with van der Waals surface area (Å²) in [6, 6.07) is 9.60. The number of hydrogen-bond donors (Lipinski definition) is 2. The molecule has 2 aromatic rings. The number of anilines is 2. The van der Waals surface area contributed by atoms with E-state index in [2.05, 4.69) is 10.6 Å². The number of hydrogen-bond acceptors (Lipinski definition) is 2. The number of benzene rings is 2. The van der Waals surface area contributed by atoms with Gasteiger partial charge in [0.05, 0.1) is 5.41 Å². The van der Waals surface area contributed by atoms with Crippen LogP contribution in [0.25, 0.3) is 0 Å². The van der Waals surface area contributed by atoms with Crippen LogP contribution in [0.15, 0.2) is 42.5 Å². The third-order valence-corrected chi connectivity index (χ3v) is 3.62. The molecule has 6 heteroatoms. The molecule has 0 aliphatic heterocycles. The Morgan fingerprint density at radius 2 is 1.33 bits per heavy atom. The van der Waals surface area contributed by atoms with E-state index in [1.54, 1.807) is 38.1 Å². The van der Waals surface area contributed by atoms with Gasteiger partial charge in [-0.25, -0.2) is 8.78 Å². The zero-order valence-corrected chi connectivity index (χ0v) is 13.6. The Kier molecular flexibility index (Phi) is 4.97. The van der Waals surface area contributed by atoms with E-state index in [0.717, 1.165) is 18.2 Å². The standard InChI is InChI=1S/C18H18F2N2O2/c1-11(23)21-15-4-6-16(7-5-15)22-17(24)18(2,3)12-8-13(19)10-14(20)9-12/h4-10H,1-3H3,(H,21,23)(H,22,24). The molecule has 0 unspecified atom stereocenters. The normalized spacial score (nSPS) is 11.0. The van der Waals surface area contributed by atoms with Crippen LogP contribution in [0, 0.1) is 11.6 Å². The molecular weight excluding hydrogens is 314 g/mol. The largest absolute Gasteiger partial charge is 0.326 e. The van der Waals surface area contributed by atoms with Crippen LogP contribution in [0.5, 0.6) is 0 Å². The minimum atomic E-state index is -1.13. The van der Waals surface area contributed by atoms with Gasteiger partial charge in [-0.3, -0.25) is 9.59 Å². The van der Waals surface area contributed by atoms with E-state index < -0.39 is 23.0 Å². The van der Waals surface area contributed by atoms with Gasteiger partial charge in [0.2, 0.25) is 11.8 Å². The number of carbonyl (C=O) groups is 2. The van der Waals surface area contributed by atoms with Crippen LogP contribution in [0.3, 0.4) is 0 Å². The maximum atomic E-state index is 13.4. The summed E-state index contributed by atoms with van der Waals surface area (Å²) >= 11 is 0. The molecule has 0 fully saturated rings. The predicted octanol–water partition coefficient (Wildman–Crippen LogP) is 3.84. The molecule has 0 aliphatic carbocycles. The Morgan fingerprint density at radius 1 is 0.875 bits per heavy atom. The fourth-order valence-corrected chi connectivity index (χ4v) is 2.17. The molecule has 0 bridgehead atoms. The van der Waals surface area contributed by atoms with Gasteiger partial charge in [0.15, 0.2) is 0 Å². The zero-order valence-electron chi connectivity index (χ0n) is 13.6. The van der Waals surface area contributed by atoms with Gasteiger partial charge in [0.1, 0.15) is 11.6 Å². The summed E-state index contributed by atoms with van der Waals surface area (Å²) in [6.07, 6.45) is 0. The molecule has 2 aromatic carbocycles. The Labute approximate surface area is 138 Å². The van der Waals surface area contributed by atoms with Crippen molar-refractivity contribution in [3.8, 4) is 0 Å². The SMILES string of the molecule is CC(=O)Nc1ccc(NC(=O)C(C)(C)c2cc(F)cc(F)c2)cc1. The number of nitrogens with one attached hydrogen (secondary N) is 2. The van der Waals surface area contributed by atoms with Crippen LogP contribution < -0.4 is 10.6 Å². The first-order valence-electron chi connectivity index (χ1n) is 7.34. The first kappa shape index (κ1) is 17.6. The van der Waals surface area contributed by atoms with Gasteiger partial charge in [-0.2, -0.15) is 0 Å².